The monoisotopic (exact) mass is 270 g/mol. The van der Waals surface area contributed by atoms with E-state index in [4.69, 9.17) is 0 Å². The van der Waals surface area contributed by atoms with E-state index in [1.807, 2.05) is 30.9 Å². The van der Waals surface area contributed by atoms with Crippen LogP contribution >= 0.6 is 0 Å². The fraction of sp³-hybridized carbons (Fsp3) is 0.267. The molecule has 0 radical (unpaired) electrons. The molecule has 2 aliphatic rings. The molecule has 2 heterocycles. The second-order valence-corrected chi connectivity index (χ2v) is 5.61. The van der Waals surface area contributed by atoms with Gasteiger partial charge < -0.3 is 4.90 Å². The molecule has 0 aliphatic carbocycles. The fourth-order valence-electron chi connectivity index (χ4n) is 2.73. The summed E-state index contributed by atoms with van der Waals surface area (Å²) in [6.07, 6.45) is 7.12. The second-order valence-electron chi connectivity index (χ2n) is 5.61. The van der Waals surface area contributed by atoms with Gasteiger partial charge in [0, 0.05) is 29.6 Å². The van der Waals surface area contributed by atoms with Gasteiger partial charge in [0.25, 0.3) is 5.69 Å². The first-order valence-electron chi connectivity index (χ1n) is 6.39. The van der Waals surface area contributed by atoms with Gasteiger partial charge in [-0.25, -0.2) is 0 Å². The molecule has 0 saturated heterocycles. The van der Waals surface area contributed by atoms with Gasteiger partial charge in [-0.05, 0) is 12.1 Å². The lowest BCUT2D eigenvalue weighted by molar-refractivity contribution is -0.384. The van der Waals surface area contributed by atoms with Crippen molar-refractivity contribution in [1.82, 2.24) is 0 Å². The van der Waals surface area contributed by atoms with Crippen molar-refractivity contribution in [3.05, 3.63) is 52.2 Å². The molecule has 0 aromatic heterocycles. The van der Waals surface area contributed by atoms with Gasteiger partial charge in [-0.2, -0.15) is 0 Å². The number of benzene rings is 1. The highest BCUT2D eigenvalue weighted by Crippen LogP contribution is 2.40. The standard InChI is InChI=1S/C15H14N2O3/c1-15(2)13-6-3-10-9-11(17(19)20)4-5-12(10)16(13)8-7-14(15)18/h3-9,13H,1-2H3/t13-/m1/s1. The summed E-state index contributed by atoms with van der Waals surface area (Å²) in [7, 11) is 0. The molecular weight excluding hydrogens is 256 g/mol. The molecule has 20 heavy (non-hydrogen) atoms. The first kappa shape index (κ1) is 12.6. The Bertz CT molecular complexity index is 674. The maximum atomic E-state index is 12.0. The van der Waals surface area contributed by atoms with Crippen molar-refractivity contribution in [3.8, 4) is 0 Å². The molecule has 0 saturated carbocycles. The molecule has 5 nitrogen and oxygen atoms in total. The maximum absolute atomic E-state index is 12.0. The molecular formula is C15H14N2O3. The number of hydrogen-bond donors (Lipinski definition) is 0. The minimum absolute atomic E-state index is 0.0612. The molecule has 3 rings (SSSR count). The van der Waals surface area contributed by atoms with Gasteiger partial charge in [-0.3, -0.25) is 14.9 Å². The van der Waals surface area contributed by atoms with E-state index in [2.05, 4.69) is 0 Å². The summed E-state index contributed by atoms with van der Waals surface area (Å²) in [5.74, 6) is 0.0914. The Morgan fingerprint density at radius 3 is 2.75 bits per heavy atom. The lowest BCUT2D eigenvalue weighted by Crippen LogP contribution is -2.49. The SMILES string of the molecule is CC1(C)C(=O)C=CN2c3ccc([N+](=O)[O-])cc3C=C[C@@H]21. The van der Waals surface area contributed by atoms with Crippen molar-refractivity contribution in [1.29, 1.82) is 0 Å². The lowest BCUT2D eigenvalue weighted by atomic mass is 9.75. The number of ketones is 1. The molecule has 1 aromatic rings. The number of nitrogens with zero attached hydrogens (tertiary/aromatic N) is 2. The van der Waals surface area contributed by atoms with Crippen LogP contribution in [0, 0.1) is 15.5 Å². The Kier molecular flexibility index (Phi) is 2.54. The topological polar surface area (TPSA) is 63.5 Å². The van der Waals surface area contributed by atoms with Crippen molar-refractivity contribution in [3.63, 3.8) is 0 Å². The molecule has 1 aromatic carbocycles. The molecule has 0 spiro atoms. The van der Waals surface area contributed by atoms with Crippen molar-refractivity contribution in [2.24, 2.45) is 5.41 Å². The minimum Gasteiger partial charge on any atom is -0.339 e. The summed E-state index contributed by atoms with van der Waals surface area (Å²) in [5.41, 5.74) is 1.25. The number of anilines is 1. The van der Waals surface area contributed by atoms with Gasteiger partial charge in [-0.15, -0.1) is 0 Å². The Morgan fingerprint density at radius 1 is 1.30 bits per heavy atom. The zero-order valence-electron chi connectivity index (χ0n) is 11.2. The van der Waals surface area contributed by atoms with Gasteiger partial charge in [0.2, 0.25) is 0 Å². The van der Waals surface area contributed by atoms with Crippen LogP contribution in [0.1, 0.15) is 19.4 Å². The molecule has 0 bridgehead atoms. The fourth-order valence-corrected chi connectivity index (χ4v) is 2.73. The minimum atomic E-state index is -0.509. The van der Waals surface area contributed by atoms with Crippen molar-refractivity contribution >= 4 is 23.2 Å². The highest BCUT2D eigenvalue weighted by molar-refractivity contribution is 5.98. The van der Waals surface area contributed by atoms with E-state index in [0.29, 0.717) is 0 Å². The average Bonchev–Trinajstić information content (AvgIpc) is 2.42. The number of carbonyl (C=O) groups is 1. The Hall–Kier alpha value is -2.43. The smallest absolute Gasteiger partial charge is 0.270 e. The van der Waals surface area contributed by atoms with E-state index in [9.17, 15) is 14.9 Å². The van der Waals surface area contributed by atoms with Crippen LogP contribution in [0.25, 0.3) is 6.08 Å². The zero-order valence-corrected chi connectivity index (χ0v) is 11.2. The maximum Gasteiger partial charge on any atom is 0.270 e. The Labute approximate surface area is 116 Å². The van der Waals surface area contributed by atoms with E-state index in [1.165, 1.54) is 6.07 Å². The molecule has 0 unspecified atom stereocenters. The van der Waals surface area contributed by atoms with Crippen molar-refractivity contribution < 1.29 is 9.72 Å². The summed E-state index contributed by atoms with van der Waals surface area (Å²) in [6.45, 7) is 3.83. The largest absolute Gasteiger partial charge is 0.339 e. The van der Waals surface area contributed by atoms with Crippen LogP contribution in [0.2, 0.25) is 0 Å². The van der Waals surface area contributed by atoms with Gasteiger partial charge in [0.1, 0.15) is 0 Å². The van der Waals surface area contributed by atoms with Crippen molar-refractivity contribution in [2.45, 2.75) is 19.9 Å². The third-order valence-corrected chi connectivity index (χ3v) is 4.02. The van der Waals surface area contributed by atoms with Crippen LogP contribution in [-0.4, -0.2) is 16.7 Å². The van der Waals surface area contributed by atoms with Crippen LogP contribution in [0.15, 0.2) is 36.6 Å². The van der Waals surface area contributed by atoms with Gasteiger partial charge in [0.05, 0.1) is 16.4 Å². The third kappa shape index (κ3) is 1.66. The Morgan fingerprint density at radius 2 is 2.05 bits per heavy atom. The van der Waals surface area contributed by atoms with Gasteiger partial charge >= 0.3 is 0 Å². The average molecular weight is 270 g/mol. The van der Waals surface area contributed by atoms with Gasteiger partial charge in [-0.1, -0.05) is 26.0 Å². The van der Waals surface area contributed by atoms with Crippen LogP contribution in [-0.2, 0) is 4.79 Å². The second kappa shape index (κ2) is 4.03. The first-order valence-corrected chi connectivity index (χ1v) is 6.39. The third-order valence-electron chi connectivity index (χ3n) is 4.02. The number of rotatable bonds is 1. The molecule has 0 N–H and O–H groups in total. The molecule has 102 valence electrons. The van der Waals surface area contributed by atoms with E-state index in [-0.39, 0.29) is 17.5 Å². The van der Waals surface area contributed by atoms with E-state index >= 15 is 0 Å². The number of hydrogen-bond acceptors (Lipinski definition) is 4. The van der Waals surface area contributed by atoms with E-state index < -0.39 is 10.3 Å². The molecule has 0 amide bonds. The molecule has 0 fully saturated rings. The number of allylic oxidation sites excluding steroid dienone is 1. The zero-order chi connectivity index (χ0) is 14.5. The molecule has 1 atom stereocenters. The highest BCUT2D eigenvalue weighted by atomic mass is 16.6. The molecule has 2 aliphatic heterocycles. The van der Waals surface area contributed by atoms with Crippen LogP contribution in [0.3, 0.4) is 0 Å². The van der Waals surface area contributed by atoms with Crippen LogP contribution in [0.5, 0.6) is 0 Å². The highest BCUT2D eigenvalue weighted by Gasteiger charge is 2.41. The number of non-ortho nitro benzene ring substituents is 1. The summed E-state index contributed by atoms with van der Waals surface area (Å²) in [5, 5.41) is 10.8. The lowest BCUT2D eigenvalue weighted by Gasteiger charge is -2.43. The predicted octanol–water partition coefficient (Wildman–Crippen LogP) is 2.92. The van der Waals surface area contributed by atoms with E-state index in [0.717, 1.165) is 11.3 Å². The number of nitro benzene ring substituents is 1. The Balaban J connectivity index is 2.12. The molecule has 5 heteroatoms. The summed E-state index contributed by atoms with van der Waals surface area (Å²) < 4.78 is 0. The quantitative estimate of drug-likeness (QED) is 0.581. The van der Waals surface area contributed by atoms with E-state index in [1.54, 1.807) is 24.4 Å². The summed E-state index contributed by atoms with van der Waals surface area (Å²) in [4.78, 5) is 24.4. The van der Waals surface area contributed by atoms with Crippen molar-refractivity contribution in [2.75, 3.05) is 4.90 Å². The number of fused-ring (bicyclic) bond motifs is 3. The summed E-state index contributed by atoms with van der Waals surface area (Å²) >= 11 is 0. The normalized spacial score (nSPS) is 22.4. The van der Waals surface area contributed by atoms with Gasteiger partial charge in [0.15, 0.2) is 5.78 Å². The number of carbonyl (C=O) groups excluding carboxylic acids is 1. The predicted molar refractivity (Wildman–Crippen MR) is 76.3 cm³/mol. The number of nitro groups is 1. The van der Waals surface area contributed by atoms with Crippen LogP contribution < -0.4 is 4.90 Å². The van der Waals surface area contributed by atoms with Crippen LogP contribution in [0.4, 0.5) is 11.4 Å². The summed E-state index contributed by atoms with van der Waals surface area (Å²) in [6, 6.07) is 4.72. The first-order chi connectivity index (χ1) is 9.41.